The lowest BCUT2D eigenvalue weighted by Crippen LogP contribution is -1.85. The molecule has 0 aromatic rings. The van der Waals surface area contributed by atoms with Crippen molar-refractivity contribution in [2.45, 2.75) is 181 Å². The summed E-state index contributed by atoms with van der Waals surface area (Å²) in [6, 6.07) is 0. The predicted molar refractivity (Wildman–Crippen MR) is 148 cm³/mol. The molecule has 0 heterocycles. The topological polar surface area (TPSA) is 0 Å². The molecule has 0 rings (SSSR count). The van der Waals surface area contributed by atoms with Gasteiger partial charge in [0.15, 0.2) is 0 Å². The van der Waals surface area contributed by atoms with Gasteiger partial charge in [-0.05, 0) is 18.6 Å². The minimum atomic E-state index is 1.33. The van der Waals surface area contributed by atoms with Crippen LogP contribution in [-0.4, -0.2) is 5.75 Å². The number of hydrogen-bond acceptors (Lipinski definition) is 1. The fourth-order valence-electron chi connectivity index (χ4n) is 4.44. The Hall–Kier alpha value is 0.350. The van der Waals surface area contributed by atoms with Crippen molar-refractivity contribution in [3.05, 3.63) is 5.75 Å². The second-order valence-corrected chi connectivity index (χ2v) is 11.0. The van der Waals surface area contributed by atoms with Crippen LogP contribution in [0.2, 0.25) is 0 Å². The van der Waals surface area contributed by atoms with Gasteiger partial charge in [-0.3, -0.25) is 0 Å². The van der Waals surface area contributed by atoms with Crippen LogP contribution in [-0.2, 0) is 0 Å². The average Bonchev–Trinajstić information content (AvgIpc) is 2.78. The van der Waals surface area contributed by atoms with Crippen LogP contribution in [0.5, 0.6) is 0 Å². The summed E-state index contributed by atoms with van der Waals surface area (Å²) in [4.78, 5) is 0. The van der Waals surface area contributed by atoms with E-state index in [0.717, 1.165) is 0 Å². The van der Waals surface area contributed by atoms with E-state index in [0.29, 0.717) is 0 Å². The predicted octanol–water partition coefficient (Wildman–Crippen LogP) is 12.1. The van der Waals surface area contributed by atoms with Crippen molar-refractivity contribution in [2.75, 3.05) is 5.75 Å². The molecule has 0 N–H and O–H groups in total. The third-order valence-electron chi connectivity index (χ3n) is 6.66. The molecule has 0 atom stereocenters. The van der Waals surface area contributed by atoms with E-state index in [4.69, 9.17) is 0 Å². The molecular formula is C30H61S. The number of rotatable bonds is 28. The van der Waals surface area contributed by atoms with Gasteiger partial charge in [-0.15, -0.1) is 0 Å². The van der Waals surface area contributed by atoms with Crippen molar-refractivity contribution in [1.29, 1.82) is 0 Å². The van der Waals surface area contributed by atoms with Crippen LogP contribution in [0.1, 0.15) is 181 Å². The van der Waals surface area contributed by atoms with Gasteiger partial charge in [-0.1, -0.05) is 168 Å². The number of unbranched alkanes of at least 4 members (excludes halogenated alkanes) is 24. The Bertz CT molecular complexity index is 260. The van der Waals surface area contributed by atoms with Crippen LogP contribution >= 0.6 is 11.8 Å². The van der Waals surface area contributed by atoms with Gasteiger partial charge in [0.2, 0.25) is 0 Å². The first-order valence-electron chi connectivity index (χ1n) is 14.8. The van der Waals surface area contributed by atoms with E-state index in [-0.39, 0.29) is 0 Å². The normalized spacial score (nSPS) is 11.4. The average molecular weight is 454 g/mol. The molecule has 0 saturated heterocycles. The van der Waals surface area contributed by atoms with Gasteiger partial charge in [0, 0.05) is 5.75 Å². The molecule has 0 saturated carbocycles. The van der Waals surface area contributed by atoms with E-state index in [2.05, 4.69) is 31.4 Å². The van der Waals surface area contributed by atoms with Crippen LogP contribution < -0.4 is 0 Å². The first-order valence-corrected chi connectivity index (χ1v) is 15.9. The summed E-state index contributed by atoms with van der Waals surface area (Å²) in [7, 11) is 0. The van der Waals surface area contributed by atoms with E-state index < -0.39 is 0 Å². The summed E-state index contributed by atoms with van der Waals surface area (Å²) >= 11 is 2.08. The molecule has 187 valence electrons. The van der Waals surface area contributed by atoms with Gasteiger partial charge in [0.1, 0.15) is 0 Å². The monoisotopic (exact) mass is 453 g/mol. The SMILES string of the molecule is CCCCCCCCCCCCCCCCCCCCC[CH]SCCCCCCCC. The van der Waals surface area contributed by atoms with Crippen molar-refractivity contribution in [3.63, 3.8) is 0 Å². The smallest absolute Gasteiger partial charge is 0.0166 e. The van der Waals surface area contributed by atoms with Crippen LogP contribution in [0.25, 0.3) is 0 Å². The fourth-order valence-corrected chi connectivity index (χ4v) is 5.31. The maximum atomic E-state index is 2.49. The first-order chi connectivity index (χ1) is 15.4. The quantitative estimate of drug-likeness (QED) is 0.106. The van der Waals surface area contributed by atoms with Crippen molar-refractivity contribution in [3.8, 4) is 0 Å². The summed E-state index contributed by atoms with van der Waals surface area (Å²) in [5.74, 6) is 3.84. The molecule has 0 aromatic carbocycles. The molecule has 0 unspecified atom stereocenters. The first kappa shape index (κ1) is 31.4. The van der Waals surface area contributed by atoms with Gasteiger partial charge in [0.25, 0.3) is 0 Å². The highest BCUT2D eigenvalue weighted by molar-refractivity contribution is 8.01. The zero-order valence-electron chi connectivity index (χ0n) is 22.1. The fraction of sp³-hybridized carbons (Fsp3) is 0.967. The minimum absolute atomic E-state index is 1.33. The highest BCUT2D eigenvalue weighted by Gasteiger charge is 1.96. The zero-order valence-corrected chi connectivity index (χ0v) is 22.9. The second kappa shape index (κ2) is 30.4. The van der Waals surface area contributed by atoms with Gasteiger partial charge >= 0.3 is 0 Å². The minimum Gasteiger partial charge on any atom is -0.157 e. The van der Waals surface area contributed by atoms with Crippen molar-refractivity contribution in [1.82, 2.24) is 0 Å². The molecule has 0 nitrogen and oxygen atoms in total. The summed E-state index contributed by atoms with van der Waals surface area (Å²) in [5, 5.41) is 0. The lowest BCUT2D eigenvalue weighted by Gasteiger charge is -2.04. The van der Waals surface area contributed by atoms with Crippen LogP contribution in [0.15, 0.2) is 0 Å². The maximum Gasteiger partial charge on any atom is 0.0166 e. The molecule has 0 aliphatic carbocycles. The van der Waals surface area contributed by atoms with E-state index >= 15 is 0 Å². The number of hydrogen-bond donors (Lipinski definition) is 0. The molecule has 0 bridgehead atoms. The molecule has 1 heteroatoms. The Morgan fingerprint density at radius 2 is 0.645 bits per heavy atom. The maximum absolute atomic E-state index is 2.49. The Balaban J connectivity index is 2.98. The number of thioether (sulfide) groups is 1. The Morgan fingerprint density at radius 1 is 0.355 bits per heavy atom. The molecule has 0 fully saturated rings. The largest absolute Gasteiger partial charge is 0.157 e. The molecular weight excluding hydrogens is 392 g/mol. The van der Waals surface area contributed by atoms with Gasteiger partial charge in [0.05, 0.1) is 0 Å². The summed E-state index contributed by atoms with van der Waals surface area (Å²) < 4.78 is 0. The standard InChI is InChI=1S/C30H61S/c1-3-5-7-9-11-12-13-14-15-16-17-18-19-20-21-22-23-24-26-28-30-31-29-27-25-10-8-6-4-2/h30H,3-29H2,1-2H3. The van der Waals surface area contributed by atoms with Crippen LogP contribution in [0.4, 0.5) is 0 Å². The molecule has 31 heavy (non-hydrogen) atoms. The summed E-state index contributed by atoms with van der Waals surface area (Å²) in [6.07, 6.45) is 37.8. The van der Waals surface area contributed by atoms with Crippen molar-refractivity contribution >= 4 is 11.8 Å². The lowest BCUT2D eigenvalue weighted by atomic mass is 10.0. The van der Waals surface area contributed by atoms with E-state index in [1.807, 2.05) is 0 Å². The van der Waals surface area contributed by atoms with E-state index in [1.165, 1.54) is 173 Å². The van der Waals surface area contributed by atoms with Crippen LogP contribution in [0, 0.1) is 5.75 Å². The Kier molecular flexibility index (Phi) is 30.7. The van der Waals surface area contributed by atoms with Gasteiger partial charge < -0.3 is 0 Å². The highest BCUT2D eigenvalue weighted by Crippen LogP contribution is 2.18. The molecule has 1 radical (unpaired) electrons. The third-order valence-corrected chi connectivity index (χ3v) is 7.65. The lowest BCUT2D eigenvalue weighted by molar-refractivity contribution is 0.523. The van der Waals surface area contributed by atoms with E-state index in [1.54, 1.807) is 0 Å². The zero-order chi connectivity index (χ0) is 22.5. The highest BCUT2D eigenvalue weighted by atomic mass is 32.2. The van der Waals surface area contributed by atoms with E-state index in [9.17, 15) is 0 Å². The molecule has 0 spiro atoms. The van der Waals surface area contributed by atoms with Crippen molar-refractivity contribution < 1.29 is 0 Å². The van der Waals surface area contributed by atoms with Crippen LogP contribution in [0.3, 0.4) is 0 Å². The second-order valence-electron chi connectivity index (χ2n) is 9.96. The molecule has 0 aromatic heterocycles. The Morgan fingerprint density at radius 3 is 1.00 bits per heavy atom. The third kappa shape index (κ3) is 30.4. The molecule has 0 aliphatic rings. The molecule has 0 amide bonds. The summed E-state index contributed by atoms with van der Waals surface area (Å²) in [6.45, 7) is 4.60. The van der Waals surface area contributed by atoms with Gasteiger partial charge in [-0.2, -0.15) is 11.8 Å². The Labute approximate surface area is 203 Å². The van der Waals surface area contributed by atoms with Gasteiger partial charge in [-0.25, -0.2) is 0 Å². The molecule has 0 aliphatic heterocycles. The van der Waals surface area contributed by atoms with Crippen molar-refractivity contribution in [2.24, 2.45) is 0 Å². The summed E-state index contributed by atoms with van der Waals surface area (Å²) in [5.41, 5.74) is 0.